The lowest BCUT2D eigenvalue weighted by atomic mass is 10.1. The van der Waals surface area contributed by atoms with E-state index in [-0.39, 0.29) is 0 Å². The van der Waals surface area contributed by atoms with Crippen molar-refractivity contribution in [3.05, 3.63) is 35.1 Å². The van der Waals surface area contributed by atoms with Crippen molar-refractivity contribution in [2.75, 3.05) is 7.05 Å². The lowest BCUT2D eigenvalue weighted by molar-refractivity contribution is -0.141. The monoisotopic (exact) mass is 261 g/mol. The number of carbonyl (C=O) groups is 2. The molecule has 1 atom stereocenters. The summed E-state index contributed by atoms with van der Waals surface area (Å²) in [5.74, 6) is -6.84. The first kappa shape index (κ1) is 14.0. The van der Waals surface area contributed by atoms with Gasteiger partial charge in [0.2, 0.25) is 0 Å². The van der Waals surface area contributed by atoms with E-state index in [1.54, 1.807) is 0 Å². The Hall–Kier alpha value is -2.05. The number of benzene rings is 1. The van der Waals surface area contributed by atoms with E-state index in [1.165, 1.54) is 0 Å². The summed E-state index contributed by atoms with van der Waals surface area (Å²) in [5.41, 5.74) is -1.11. The molecular formula is C11H10F3NO3. The van der Waals surface area contributed by atoms with Gasteiger partial charge in [0.1, 0.15) is 17.4 Å². The highest BCUT2D eigenvalue weighted by atomic mass is 19.2. The highest BCUT2D eigenvalue weighted by molar-refractivity contribution is 5.96. The molecule has 0 aliphatic carbocycles. The Balaban J connectivity index is 3.19. The van der Waals surface area contributed by atoms with E-state index < -0.39 is 40.9 Å². The molecule has 0 aliphatic rings. The summed E-state index contributed by atoms with van der Waals surface area (Å²) in [4.78, 5) is 23.0. The van der Waals surface area contributed by atoms with Crippen molar-refractivity contribution in [1.82, 2.24) is 4.90 Å². The van der Waals surface area contributed by atoms with Crippen molar-refractivity contribution in [3.8, 4) is 0 Å². The van der Waals surface area contributed by atoms with Crippen LogP contribution in [0.25, 0.3) is 0 Å². The van der Waals surface area contributed by atoms with Crippen LogP contribution in [0.1, 0.15) is 17.3 Å². The van der Waals surface area contributed by atoms with Gasteiger partial charge < -0.3 is 10.0 Å². The summed E-state index contributed by atoms with van der Waals surface area (Å²) in [6, 6.07) is -0.146. The molecule has 0 fully saturated rings. The molecule has 1 unspecified atom stereocenters. The molecule has 0 saturated heterocycles. The molecule has 0 heterocycles. The second-order valence-corrected chi connectivity index (χ2v) is 3.65. The minimum absolute atomic E-state index is 0.544. The highest BCUT2D eigenvalue weighted by Crippen LogP contribution is 2.18. The fourth-order valence-corrected chi connectivity index (χ4v) is 1.24. The van der Waals surface area contributed by atoms with Crippen LogP contribution >= 0.6 is 0 Å². The second-order valence-electron chi connectivity index (χ2n) is 3.65. The van der Waals surface area contributed by atoms with E-state index in [4.69, 9.17) is 5.11 Å². The Kier molecular flexibility index (Phi) is 3.95. The van der Waals surface area contributed by atoms with Gasteiger partial charge >= 0.3 is 5.97 Å². The number of nitrogens with zero attached hydrogens (tertiary/aromatic N) is 1. The molecule has 0 bridgehead atoms. The largest absolute Gasteiger partial charge is 0.480 e. The normalized spacial score (nSPS) is 12.1. The maximum absolute atomic E-state index is 13.3. The van der Waals surface area contributed by atoms with Gasteiger partial charge in [0.15, 0.2) is 11.6 Å². The molecule has 0 spiro atoms. The molecule has 1 N–H and O–H groups in total. The molecule has 18 heavy (non-hydrogen) atoms. The van der Waals surface area contributed by atoms with Crippen LogP contribution in [-0.2, 0) is 4.79 Å². The first-order valence-corrected chi connectivity index (χ1v) is 4.90. The summed E-state index contributed by atoms with van der Waals surface area (Å²) in [6.07, 6.45) is 0. The van der Waals surface area contributed by atoms with E-state index in [9.17, 15) is 22.8 Å². The molecule has 0 aromatic heterocycles. The van der Waals surface area contributed by atoms with Crippen LogP contribution < -0.4 is 0 Å². The summed E-state index contributed by atoms with van der Waals surface area (Å²) < 4.78 is 39.5. The maximum Gasteiger partial charge on any atom is 0.326 e. The fraction of sp³-hybridized carbons (Fsp3) is 0.273. The summed E-state index contributed by atoms with van der Waals surface area (Å²) in [6.45, 7) is 1.16. The predicted molar refractivity (Wildman–Crippen MR) is 55.5 cm³/mol. The van der Waals surface area contributed by atoms with Gasteiger partial charge in [-0.1, -0.05) is 0 Å². The van der Waals surface area contributed by atoms with Crippen LogP contribution in [-0.4, -0.2) is 35.0 Å². The molecule has 98 valence electrons. The molecule has 0 saturated carbocycles. The molecule has 0 aliphatic heterocycles. The van der Waals surface area contributed by atoms with Crippen molar-refractivity contribution < 1.29 is 27.9 Å². The zero-order valence-electron chi connectivity index (χ0n) is 9.58. The van der Waals surface area contributed by atoms with Crippen LogP contribution in [0.15, 0.2) is 12.1 Å². The zero-order valence-corrected chi connectivity index (χ0v) is 9.58. The Morgan fingerprint density at radius 1 is 1.22 bits per heavy atom. The van der Waals surface area contributed by atoms with Crippen molar-refractivity contribution in [2.45, 2.75) is 13.0 Å². The molecule has 1 rings (SSSR count). The second kappa shape index (κ2) is 5.07. The Labute approximate surface area is 101 Å². The van der Waals surface area contributed by atoms with E-state index in [0.717, 1.165) is 14.0 Å². The van der Waals surface area contributed by atoms with Gasteiger partial charge in [-0.3, -0.25) is 4.79 Å². The standard InChI is InChI=1S/C11H10F3NO3/c1-5(11(17)18)15(2)10(16)8-6(12)3-4-7(13)9(8)14/h3-5H,1-2H3,(H,17,18). The molecule has 7 heteroatoms. The van der Waals surface area contributed by atoms with Crippen LogP contribution in [0.4, 0.5) is 13.2 Å². The smallest absolute Gasteiger partial charge is 0.326 e. The number of amides is 1. The van der Waals surface area contributed by atoms with Gasteiger partial charge in [-0.15, -0.1) is 0 Å². The lowest BCUT2D eigenvalue weighted by Crippen LogP contribution is -2.41. The molecule has 1 amide bonds. The van der Waals surface area contributed by atoms with Crippen molar-refractivity contribution in [3.63, 3.8) is 0 Å². The average Bonchev–Trinajstić information content (AvgIpc) is 2.32. The lowest BCUT2D eigenvalue weighted by Gasteiger charge is -2.21. The van der Waals surface area contributed by atoms with Crippen molar-refractivity contribution in [2.24, 2.45) is 0 Å². The number of carboxylic acids is 1. The number of carboxylic acid groups (broad SMARTS) is 1. The van der Waals surface area contributed by atoms with Gasteiger partial charge in [0, 0.05) is 7.05 Å². The zero-order chi connectivity index (χ0) is 14.0. The van der Waals surface area contributed by atoms with E-state index in [2.05, 4.69) is 0 Å². The van der Waals surface area contributed by atoms with Crippen LogP contribution in [0.2, 0.25) is 0 Å². The van der Waals surface area contributed by atoms with Gasteiger partial charge in [-0.2, -0.15) is 0 Å². The third-order valence-electron chi connectivity index (χ3n) is 2.52. The van der Waals surface area contributed by atoms with E-state index >= 15 is 0 Å². The molecule has 1 aromatic carbocycles. The molecule has 1 aromatic rings. The van der Waals surface area contributed by atoms with Gasteiger partial charge in [-0.05, 0) is 19.1 Å². The SMILES string of the molecule is CC(C(=O)O)N(C)C(=O)c1c(F)ccc(F)c1F. The van der Waals surface area contributed by atoms with Crippen molar-refractivity contribution >= 4 is 11.9 Å². The van der Waals surface area contributed by atoms with E-state index in [1.807, 2.05) is 0 Å². The molecular weight excluding hydrogens is 251 g/mol. The minimum atomic E-state index is -1.63. The first-order chi connectivity index (χ1) is 8.27. The van der Waals surface area contributed by atoms with Gasteiger partial charge in [0.25, 0.3) is 5.91 Å². The Morgan fingerprint density at radius 3 is 2.22 bits per heavy atom. The Bertz CT molecular complexity index is 505. The third kappa shape index (κ3) is 2.44. The molecule has 4 nitrogen and oxygen atoms in total. The van der Waals surface area contributed by atoms with Gasteiger partial charge in [0.05, 0.1) is 0 Å². The number of carbonyl (C=O) groups excluding carboxylic acids is 1. The van der Waals surface area contributed by atoms with Gasteiger partial charge in [-0.25, -0.2) is 18.0 Å². The van der Waals surface area contributed by atoms with Crippen LogP contribution in [0, 0.1) is 17.5 Å². The number of hydrogen-bond acceptors (Lipinski definition) is 2. The highest BCUT2D eigenvalue weighted by Gasteiger charge is 2.28. The third-order valence-corrected chi connectivity index (χ3v) is 2.52. The van der Waals surface area contributed by atoms with E-state index in [0.29, 0.717) is 17.0 Å². The number of likely N-dealkylation sites (N-methyl/N-ethyl adjacent to an activating group) is 1. The summed E-state index contributed by atoms with van der Waals surface area (Å²) >= 11 is 0. The first-order valence-electron chi connectivity index (χ1n) is 4.90. The number of halogens is 3. The summed E-state index contributed by atoms with van der Waals surface area (Å²) in [7, 11) is 1.06. The number of rotatable bonds is 3. The minimum Gasteiger partial charge on any atom is -0.480 e. The Morgan fingerprint density at radius 2 is 1.72 bits per heavy atom. The van der Waals surface area contributed by atoms with Crippen LogP contribution in [0.5, 0.6) is 0 Å². The maximum atomic E-state index is 13.3. The number of hydrogen-bond donors (Lipinski definition) is 1. The molecule has 0 radical (unpaired) electrons. The number of aliphatic carboxylic acids is 1. The quantitative estimate of drug-likeness (QED) is 0.842. The van der Waals surface area contributed by atoms with Crippen molar-refractivity contribution in [1.29, 1.82) is 0 Å². The van der Waals surface area contributed by atoms with Crippen LogP contribution in [0.3, 0.4) is 0 Å². The fourth-order valence-electron chi connectivity index (χ4n) is 1.24. The predicted octanol–water partition coefficient (Wildman–Crippen LogP) is 1.65. The topological polar surface area (TPSA) is 57.6 Å². The average molecular weight is 261 g/mol. The summed E-state index contributed by atoms with van der Waals surface area (Å²) in [5, 5.41) is 8.69.